The number of hydrogen-bond acceptors (Lipinski definition) is 16. The number of anilines is 4. The molecule has 6 heterocycles. The highest BCUT2D eigenvalue weighted by atomic mass is 32.1. The quantitative estimate of drug-likeness (QED) is 0.0249. The van der Waals surface area contributed by atoms with Gasteiger partial charge in [0, 0.05) is 111 Å². The smallest absolute Gasteiger partial charge is 0.188 e. The molecule has 3 N–H and O–H groups in total. The summed E-state index contributed by atoms with van der Waals surface area (Å²) in [6, 6.07) is 77.8. The molecular weight excluding hydrogens is 1900 g/mol. The normalized spacial score (nSPS) is 13.0. The summed E-state index contributed by atoms with van der Waals surface area (Å²) in [5, 5.41) is 28.5. The molecule has 4 aromatic heterocycles. The largest absolute Gasteiger partial charge is 0.508 e. The molecule has 0 atom stereocenters. The van der Waals surface area contributed by atoms with E-state index in [-0.39, 0.29) is 29.8 Å². The van der Waals surface area contributed by atoms with E-state index in [9.17, 15) is 15.3 Å². The lowest BCUT2D eigenvalue weighted by atomic mass is 9.70. The number of unbranched alkanes of at least 4 members (excludes halogenated alkanes) is 10. The maximum Gasteiger partial charge on any atom is 0.188 e. The predicted octanol–water partition coefficient (Wildman–Crippen LogP) is 32.0. The second-order valence-corrected chi connectivity index (χ2v) is 43.0. The van der Waals surface area contributed by atoms with E-state index in [1.165, 1.54) is 135 Å². The van der Waals surface area contributed by atoms with E-state index in [1.54, 1.807) is 69.6 Å². The Morgan fingerprint density at radius 1 is 0.304 bits per heavy atom. The molecule has 0 saturated carbocycles. The maximum absolute atomic E-state index is 9.56. The number of phenols is 1. The summed E-state index contributed by atoms with van der Waals surface area (Å²) in [4.78, 5) is 17.5. The zero-order valence-corrected chi connectivity index (χ0v) is 91.2. The summed E-state index contributed by atoms with van der Waals surface area (Å²) in [7, 11) is 0. The fraction of sp³-hybridized carbons (Fsp3) is 0.348. The van der Waals surface area contributed by atoms with E-state index in [4.69, 9.17) is 23.7 Å². The van der Waals surface area contributed by atoms with Gasteiger partial charge in [-0.25, -0.2) is 0 Å². The van der Waals surface area contributed by atoms with Crippen molar-refractivity contribution in [1.29, 1.82) is 0 Å². The number of aromatic hydroxyl groups is 1. The van der Waals surface area contributed by atoms with Gasteiger partial charge in [-0.05, 0) is 308 Å². The third-order valence-electron chi connectivity index (χ3n) is 28.6. The van der Waals surface area contributed by atoms with Crippen LogP contribution < -0.4 is 43.3 Å². The number of fused-ring (bicyclic) bond motifs is 8. The lowest BCUT2D eigenvalue weighted by molar-refractivity contribution is 0.173. The van der Waals surface area contributed by atoms with Crippen LogP contribution in [0.1, 0.15) is 297 Å². The molecule has 0 bridgehead atoms. The number of rotatable bonds is 45. The number of likely N-dealkylation sites (N-methyl/N-ethyl adjacent to an activating group) is 3. The Morgan fingerprint density at radius 3 is 0.966 bits per heavy atom. The minimum absolute atomic E-state index is 0.0657. The molecule has 0 radical (unpaired) electrons. The fourth-order valence-electron chi connectivity index (χ4n) is 20.6. The zero-order valence-electron chi connectivity index (χ0n) is 88.0. The van der Waals surface area contributed by atoms with E-state index in [0.717, 1.165) is 212 Å². The summed E-state index contributed by atoms with van der Waals surface area (Å²) >= 11 is 6.69. The molecule has 0 spiro atoms. The summed E-state index contributed by atoms with van der Waals surface area (Å²) in [6.45, 7) is 29.8. The summed E-state index contributed by atoms with van der Waals surface area (Å²) < 4.78 is 30.7. The van der Waals surface area contributed by atoms with E-state index in [0.29, 0.717) is 46.1 Å². The molecule has 2 aliphatic heterocycles. The number of aliphatic hydroxyl groups excluding tert-OH is 2. The Bertz CT molecular complexity index is 6740. The van der Waals surface area contributed by atoms with Crippen molar-refractivity contribution in [3.8, 4) is 104 Å². The van der Waals surface area contributed by atoms with Crippen LogP contribution in [0.3, 0.4) is 0 Å². The molecule has 12 nitrogen and oxygen atoms in total. The van der Waals surface area contributed by atoms with Gasteiger partial charge in [-0.15, -0.1) is 45.3 Å². The molecule has 148 heavy (non-hydrogen) atoms. The Hall–Kier alpha value is -13.1. The molecule has 17 rings (SSSR count). The minimum atomic E-state index is -0.155. The first-order chi connectivity index (χ1) is 72.7. The second-order valence-electron chi connectivity index (χ2n) is 38.7. The lowest BCUT2D eigenvalue weighted by Crippen LogP contribution is -2.27. The van der Waals surface area contributed by atoms with Gasteiger partial charge in [-0.3, -0.25) is 0 Å². The highest BCUT2D eigenvalue weighted by molar-refractivity contribution is 7.15. The first-order valence-electron chi connectivity index (χ1n) is 54.2. The highest BCUT2D eigenvalue weighted by Gasteiger charge is 2.44. The predicted molar refractivity (Wildman–Crippen MR) is 630 cm³/mol. The van der Waals surface area contributed by atoms with E-state index in [1.807, 2.05) is 0 Å². The van der Waals surface area contributed by atoms with Crippen molar-refractivity contribution in [3.63, 3.8) is 0 Å². The van der Waals surface area contributed by atoms with Crippen molar-refractivity contribution in [2.45, 2.75) is 202 Å². The highest BCUT2D eigenvalue weighted by Crippen LogP contribution is 2.57. The van der Waals surface area contributed by atoms with E-state index >= 15 is 0 Å². The number of hydrogen-bond donors (Lipinski definition) is 3. The Labute approximate surface area is 897 Å². The first-order valence-corrected chi connectivity index (χ1v) is 57.4. The molecule has 0 amide bonds. The van der Waals surface area contributed by atoms with Crippen LogP contribution in [0.15, 0.2) is 218 Å². The Morgan fingerprint density at radius 2 is 0.628 bits per heavy atom. The van der Waals surface area contributed by atoms with Crippen LogP contribution in [0.5, 0.6) is 34.5 Å². The van der Waals surface area contributed by atoms with Crippen molar-refractivity contribution in [1.82, 2.24) is 0 Å². The van der Waals surface area contributed by atoms with Crippen molar-refractivity contribution in [2.24, 2.45) is 0 Å². The summed E-state index contributed by atoms with van der Waals surface area (Å²) in [5.41, 5.74) is 24.0. The van der Waals surface area contributed by atoms with Gasteiger partial charge in [0.15, 0.2) is 23.0 Å². The molecule has 9 aromatic carbocycles. The first kappa shape index (κ1) is 108. The molecule has 2 aliphatic carbocycles. The standard InChI is InChI=1S/C71H80N2O2S2.C61H64N2O6S2/c1-6-11-15-17-49-73(50-18-16-12-7-2)60-31-21-56(22-32-60)24-38-64-42-44-66(77-64)40-26-58-28-46-68-67-45-27-57(53-69(67)71(47-13-8-3,48-14-9-4)70(68)54-58)25-39-65-43-41-63(76-65)37-23-55-19-29-59(30-20-55)72(10-5)51-52-75-62-35-33-61(74)34-36-62;1-5-9-31-61(32-10-6-2)51-41-45(19-29-55-59-57(66-37-39-68-59)53(70-55)27-17-43-11-21-47(22-12-43)62(7-3)33-35-64)15-25-49(51)50-26-16-46(42-52(50)61)20-30-56-60-58(67-38-40-69-60)54(71-56)28-18-44-13-23-48(24-14-44)63(8-4)34-36-65/h19-24,27-38,41-46,53-54,74H,6-18,47-52H2,1-5H3;11-18,21-28,41-42,64-65H,5-10,31-40H2,1-4H3/b37-23+,38-24+;27-17+,28-18+. The molecule has 13 aromatic rings. The topological polar surface area (TPSA) is 120 Å². The third-order valence-corrected chi connectivity index (χ3v) is 32.6. The van der Waals surface area contributed by atoms with E-state index < -0.39 is 0 Å². The van der Waals surface area contributed by atoms with Crippen molar-refractivity contribution >= 4 is 117 Å². The van der Waals surface area contributed by atoms with Gasteiger partial charge in [0.1, 0.15) is 54.3 Å². The fourth-order valence-corrected chi connectivity index (χ4v) is 24.0. The van der Waals surface area contributed by atoms with Crippen molar-refractivity contribution in [3.05, 3.63) is 324 Å². The molecule has 0 unspecified atom stereocenters. The second kappa shape index (κ2) is 54.2. The number of phenolic OH excluding ortho intramolecular Hbond substituents is 1. The summed E-state index contributed by atoms with van der Waals surface area (Å²) in [5.74, 6) is 32.4. The number of aliphatic hydroxyl groups is 2. The van der Waals surface area contributed by atoms with Gasteiger partial charge in [0.25, 0.3) is 0 Å². The zero-order chi connectivity index (χ0) is 103. The van der Waals surface area contributed by atoms with Crippen molar-refractivity contribution in [2.75, 3.05) is 118 Å². The maximum atomic E-state index is 9.56. The SMILES string of the molecule is CCCCC1(CCCC)c2cc(C#Cc3sc(/C=C/c4ccc(N(CC)CCO)cc4)c4c3OCCO4)ccc2-c2ccc(C#Cc3sc(/C=C/c4ccc(N(CC)CCO)cc4)c4c3OCCO4)cc21.CCCCCCN(CCCCCC)c1ccc(/C=C/c2ccc(C#Cc3ccc4c(c3)C(CCCC)(CCCC)c3cc(C#Cc5ccc(/C=C/c6ccc(N(CC)CCOc7ccc(O)cc7)cc6)s5)ccc3-4)s2)cc1. The van der Waals surface area contributed by atoms with Gasteiger partial charge in [0.05, 0.1) is 39.3 Å². The van der Waals surface area contributed by atoms with Gasteiger partial charge in [-0.2, -0.15) is 0 Å². The average molecular weight is 2040 g/mol. The number of benzene rings is 9. The van der Waals surface area contributed by atoms with Gasteiger partial charge < -0.3 is 58.6 Å². The van der Waals surface area contributed by atoms with Crippen molar-refractivity contribution < 1.29 is 39.0 Å². The van der Waals surface area contributed by atoms with Crippen LogP contribution >= 0.6 is 45.3 Å². The number of ether oxygens (including phenoxy) is 5. The van der Waals surface area contributed by atoms with Crippen LogP contribution in [0.25, 0.3) is 70.9 Å². The van der Waals surface area contributed by atoms with Crippen LogP contribution in [0.2, 0.25) is 0 Å². The lowest BCUT2D eigenvalue weighted by Gasteiger charge is -2.33. The van der Waals surface area contributed by atoms with Crippen LogP contribution in [0, 0.1) is 47.4 Å². The Kier molecular flexibility index (Phi) is 39.4. The van der Waals surface area contributed by atoms with Crippen LogP contribution in [0.4, 0.5) is 22.7 Å². The minimum Gasteiger partial charge on any atom is -0.508 e. The molecule has 764 valence electrons. The van der Waals surface area contributed by atoms with Gasteiger partial charge >= 0.3 is 0 Å². The molecule has 16 heteroatoms. The van der Waals surface area contributed by atoms with Crippen LogP contribution in [-0.4, -0.2) is 114 Å². The Balaban J connectivity index is 0.000000212. The van der Waals surface area contributed by atoms with Gasteiger partial charge in [0.2, 0.25) is 0 Å². The average Bonchev–Trinajstić information content (AvgIpc) is 1.56. The molecular formula is C132H144N4O8S4. The van der Waals surface area contributed by atoms with Gasteiger partial charge in [-0.1, -0.05) is 264 Å². The molecule has 0 saturated heterocycles. The third kappa shape index (κ3) is 27.3. The number of thiophene rings is 4. The summed E-state index contributed by atoms with van der Waals surface area (Å²) in [6.07, 6.45) is 41.1. The van der Waals surface area contributed by atoms with Crippen LogP contribution in [-0.2, 0) is 10.8 Å². The molecule has 0 fully saturated rings. The van der Waals surface area contributed by atoms with E-state index in [2.05, 4.69) is 372 Å². The monoisotopic (exact) mass is 2040 g/mol. The molecule has 4 aliphatic rings. The number of nitrogens with zero attached hydrogens (tertiary/aromatic N) is 4.